The zero-order valence-electron chi connectivity index (χ0n) is 15.2. The first-order valence-electron chi connectivity index (χ1n) is 7.64. The second kappa shape index (κ2) is 6.93. The van der Waals surface area contributed by atoms with E-state index in [1.807, 2.05) is 33.9 Å². The highest BCUT2D eigenvalue weighted by atomic mass is 32.2. The number of sulfonamides is 1. The Hall–Kier alpha value is -1.25. The van der Waals surface area contributed by atoms with Crippen LogP contribution >= 0.6 is 0 Å². The number of hydrogen-bond donors (Lipinski definition) is 1. The molecule has 0 radical (unpaired) electrons. The number of rotatable bonds is 5. The quantitative estimate of drug-likeness (QED) is 0.628. The molecule has 136 valence electrons. The van der Waals surface area contributed by atoms with Gasteiger partial charge in [0.05, 0.1) is 12.7 Å². The second-order valence-electron chi connectivity index (χ2n) is 7.31. The van der Waals surface area contributed by atoms with Crippen molar-refractivity contribution in [1.82, 2.24) is 4.39 Å². The fourth-order valence-corrected chi connectivity index (χ4v) is 7.28. The second-order valence-corrected chi connectivity index (χ2v) is 14.3. The molecule has 8 heteroatoms. The van der Waals surface area contributed by atoms with E-state index >= 15 is 0 Å². The Kier molecular flexibility index (Phi) is 6.01. The number of ether oxygens (including phenoxy) is 1. The molecule has 0 bridgehead atoms. The molecule has 0 fully saturated rings. The molecular weight excluding hydrogens is 349 g/mol. The standard InChI is InChI=1S/C16H26FNO4SSi/c1-11(17)12-9-8-10-13(15(19)22-5)14(12)23(20,21)18-24(6,7)16(2,3)4/h8-11,18H,1-7H3. The van der Waals surface area contributed by atoms with Crippen molar-refractivity contribution in [2.24, 2.45) is 0 Å². The lowest BCUT2D eigenvalue weighted by Crippen LogP contribution is -2.54. The van der Waals surface area contributed by atoms with E-state index in [1.165, 1.54) is 25.1 Å². The Morgan fingerprint density at radius 1 is 1.29 bits per heavy atom. The highest BCUT2D eigenvalue weighted by Crippen LogP contribution is 2.36. The lowest BCUT2D eigenvalue weighted by atomic mass is 10.1. The SMILES string of the molecule is COC(=O)c1cccc(C(C)F)c1S(=O)(=O)N[Si](C)(C)C(C)(C)C. The maximum absolute atomic E-state index is 14.0. The Morgan fingerprint density at radius 2 is 1.83 bits per heavy atom. The molecule has 0 saturated heterocycles. The molecule has 0 amide bonds. The first-order chi connectivity index (χ1) is 10.7. The van der Waals surface area contributed by atoms with Crippen LogP contribution in [-0.2, 0) is 14.8 Å². The third-order valence-corrected chi connectivity index (χ3v) is 12.3. The van der Waals surface area contributed by atoms with Gasteiger partial charge in [0.2, 0.25) is 10.0 Å². The number of halogens is 1. The molecule has 1 aromatic rings. The van der Waals surface area contributed by atoms with Crippen LogP contribution in [0.25, 0.3) is 0 Å². The molecule has 0 aromatic heterocycles. The van der Waals surface area contributed by atoms with Gasteiger partial charge in [-0.15, -0.1) is 0 Å². The largest absolute Gasteiger partial charge is 0.465 e. The normalized spacial score (nSPS) is 14.3. The van der Waals surface area contributed by atoms with Crippen molar-refractivity contribution in [3.8, 4) is 0 Å². The Bertz CT molecular complexity index is 724. The topological polar surface area (TPSA) is 72.5 Å². The summed E-state index contributed by atoms with van der Waals surface area (Å²) in [6.07, 6.45) is -1.54. The van der Waals surface area contributed by atoms with Gasteiger partial charge in [0, 0.05) is 5.56 Å². The van der Waals surface area contributed by atoms with E-state index in [1.54, 1.807) is 0 Å². The summed E-state index contributed by atoms with van der Waals surface area (Å²) in [6.45, 7) is 10.8. The van der Waals surface area contributed by atoms with Gasteiger partial charge in [0.1, 0.15) is 19.3 Å². The van der Waals surface area contributed by atoms with Gasteiger partial charge in [-0.3, -0.25) is 0 Å². The number of benzene rings is 1. The van der Waals surface area contributed by atoms with Gasteiger partial charge >= 0.3 is 5.97 Å². The first-order valence-corrected chi connectivity index (χ1v) is 12.1. The first kappa shape index (κ1) is 20.8. The van der Waals surface area contributed by atoms with Gasteiger partial charge < -0.3 is 4.74 Å². The van der Waals surface area contributed by atoms with E-state index < -0.39 is 30.4 Å². The molecule has 0 spiro atoms. The maximum atomic E-state index is 14.0. The minimum Gasteiger partial charge on any atom is -0.465 e. The van der Waals surface area contributed by atoms with Gasteiger partial charge in [-0.25, -0.2) is 22.0 Å². The molecule has 0 heterocycles. The van der Waals surface area contributed by atoms with Crippen LogP contribution < -0.4 is 4.39 Å². The van der Waals surface area contributed by atoms with Crippen molar-refractivity contribution in [2.75, 3.05) is 7.11 Å². The molecule has 1 rings (SSSR count). The van der Waals surface area contributed by atoms with E-state index in [9.17, 15) is 17.6 Å². The van der Waals surface area contributed by atoms with E-state index in [0.29, 0.717) is 0 Å². The fourth-order valence-electron chi connectivity index (χ4n) is 1.98. The zero-order valence-corrected chi connectivity index (χ0v) is 17.0. The van der Waals surface area contributed by atoms with E-state index in [4.69, 9.17) is 0 Å². The number of carbonyl (C=O) groups excluding carboxylic acids is 1. The molecular formula is C16H26FNO4SSi. The summed E-state index contributed by atoms with van der Waals surface area (Å²) in [7, 11) is -5.39. The zero-order chi connectivity index (χ0) is 18.9. The number of alkyl halides is 1. The average molecular weight is 376 g/mol. The van der Waals surface area contributed by atoms with Crippen molar-refractivity contribution in [3.05, 3.63) is 29.3 Å². The molecule has 0 aliphatic heterocycles. The van der Waals surface area contributed by atoms with Crippen LogP contribution in [0.5, 0.6) is 0 Å². The van der Waals surface area contributed by atoms with Gasteiger partial charge in [-0.2, -0.15) is 0 Å². The van der Waals surface area contributed by atoms with Gasteiger partial charge in [0.15, 0.2) is 0 Å². The van der Waals surface area contributed by atoms with E-state index in [0.717, 1.165) is 7.11 Å². The third kappa shape index (κ3) is 4.23. The van der Waals surface area contributed by atoms with E-state index in [2.05, 4.69) is 9.12 Å². The van der Waals surface area contributed by atoms with Crippen LogP contribution in [0.15, 0.2) is 23.1 Å². The highest BCUT2D eigenvalue weighted by molar-refractivity contribution is 7.91. The Morgan fingerprint density at radius 3 is 2.25 bits per heavy atom. The molecule has 1 N–H and O–H groups in total. The van der Waals surface area contributed by atoms with Gasteiger partial charge in [-0.1, -0.05) is 46.0 Å². The molecule has 0 aliphatic carbocycles. The summed E-state index contributed by atoms with van der Waals surface area (Å²) < 4.78 is 47.4. The smallest absolute Gasteiger partial charge is 0.339 e. The summed E-state index contributed by atoms with van der Waals surface area (Å²) in [6, 6.07) is 4.15. The van der Waals surface area contributed by atoms with Gasteiger partial charge in [0.25, 0.3) is 0 Å². The molecule has 5 nitrogen and oxygen atoms in total. The Labute approximate surface area is 144 Å². The predicted octanol–water partition coefficient (Wildman–Crippen LogP) is 3.79. The number of hydrogen-bond acceptors (Lipinski definition) is 4. The van der Waals surface area contributed by atoms with Crippen LogP contribution in [0.4, 0.5) is 4.39 Å². The predicted molar refractivity (Wildman–Crippen MR) is 94.8 cm³/mol. The number of methoxy groups -OCH3 is 1. The van der Waals surface area contributed by atoms with Crippen LogP contribution in [0.2, 0.25) is 18.1 Å². The maximum Gasteiger partial charge on any atom is 0.339 e. The number of carbonyl (C=O) groups is 1. The van der Waals surface area contributed by atoms with Crippen LogP contribution in [0.3, 0.4) is 0 Å². The Balaban J connectivity index is 3.61. The summed E-state index contributed by atoms with van der Waals surface area (Å²) in [4.78, 5) is 11.7. The van der Waals surface area contributed by atoms with Crippen molar-refractivity contribution in [1.29, 1.82) is 0 Å². The molecule has 1 aromatic carbocycles. The van der Waals surface area contributed by atoms with Crippen molar-refractivity contribution in [3.63, 3.8) is 0 Å². The van der Waals surface area contributed by atoms with Crippen molar-refractivity contribution < 1.29 is 22.3 Å². The summed E-state index contributed by atoms with van der Waals surface area (Å²) >= 11 is 0. The number of esters is 1. The minimum absolute atomic E-state index is 0.0518. The number of nitrogens with one attached hydrogen (secondary N) is 1. The van der Waals surface area contributed by atoms with Crippen molar-refractivity contribution >= 4 is 24.2 Å². The van der Waals surface area contributed by atoms with Crippen LogP contribution in [-0.4, -0.2) is 29.7 Å². The monoisotopic (exact) mass is 375 g/mol. The van der Waals surface area contributed by atoms with Gasteiger partial charge in [-0.05, 0) is 18.0 Å². The fraction of sp³-hybridized carbons (Fsp3) is 0.562. The third-order valence-electron chi connectivity index (χ3n) is 4.41. The molecule has 1 atom stereocenters. The summed E-state index contributed by atoms with van der Waals surface area (Å²) in [5, 5.41) is -0.262. The summed E-state index contributed by atoms with van der Waals surface area (Å²) in [5.74, 6) is -0.812. The molecule has 24 heavy (non-hydrogen) atoms. The highest BCUT2D eigenvalue weighted by Gasteiger charge is 2.41. The lowest BCUT2D eigenvalue weighted by molar-refractivity contribution is 0.0596. The molecule has 0 aliphatic rings. The van der Waals surface area contributed by atoms with Crippen molar-refractivity contribution in [2.45, 2.75) is 56.9 Å². The van der Waals surface area contributed by atoms with E-state index in [-0.39, 0.29) is 21.1 Å². The minimum atomic E-state index is -4.09. The average Bonchev–Trinajstić information content (AvgIpc) is 2.43. The molecule has 1 unspecified atom stereocenters. The summed E-state index contributed by atoms with van der Waals surface area (Å²) in [5.41, 5.74) is -0.213. The van der Waals surface area contributed by atoms with Crippen LogP contribution in [0.1, 0.15) is 49.8 Å². The molecule has 0 saturated carbocycles. The van der Waals surface area contributed by atoms with Crippen LogP contribution in [0, 0.1) is 0 Å². The lowest BCUT2D eigenvalue weighted by Gasteiger charge is -2.37.